The Balaban J connectivity index is 1.03. The average Bonchev–Trinajstić information content (AvgIpc) is 3.30. The highest BCUT2D eigenvalue weighted by atomic mass is 16.6. The number of hydrogen-bond donors (Lipinski definition) is 2. The maximum Gasteiger partial charge on any atom is 0.410 e. The average molecular weight is 712 g/mol. The van der Waals surface area contributed by atoms with Gasteiger partial charge in [-0.1, -0.05) is 24.3 Å². The number of nitrogens with two attached hydrogens (primary N) is 1. The summed E-state index contributed by atoms with van der Waals surface area (Å²) in [5.74, 6) is -0.172. The van der Waals surface area contributed by atoms with Crippen LogP contribution in [0.3, 0.4) is 0 Å². The summed E-state index contributed by atoms with van der Waals surface area (Å²) in [5, 5.41) is 3.95. The summed E-state index contributed by atoms with van der Waals surface area (Å²) in [6.07, 6.45) is 4.47. The summed E-state index contributed by atoms with van der Waals surface area (Å²) >= 11 is 0. The van der Waals surface area contributed by atoms with Crippen LogP contribution in [-0.4, -0.2) is 112 Å². The molecule has 1 aromatic heterocycles. The molecule has 0 radical (unpaired) electrons. The zero-order chi connectivity index (χ0) is 36.6. The molecule has 2 aromatic carbocycles. The number of anilines is 1. The zero-order valence-electron chi connectivity index (χ0n) is 30.8. The molecule has 7 rings (SSSR count). The van der Waals surface area contributed by atoms with Gasteiger partial charge in [-0.05, 0) is 99.1 Å². The second-order valence-corrected chi connectivity index (χ2v) is 15.7. The number of fused-ring (bicyclic) bond motifs is 2. The van der Waals surface area contributed by atoms with Crippen molar-refractivity contribution in [2.45, 2.75) is 88.9 Å². The quantitative estimate of drug-likeness (QED) is 0.391. The van der Waals surface area contributed by atoms with E-state index in [0.29, 0.717) is 51.6 Å². The molecule has 4 aliphatic rings. The van der Waals surface area contributed by atoms with Gasteiger partial charge in [-0.3, -0.25) is 9.59 Å². The first-order chi connectivity index (χ1) is 25.0. The van der Waals surface area contributed by atoms with Gasteiger partial charge >= 0.3 is 12.1 Å². The van der Waals surface area contributed by atoms with Gasteiger partial charge < -0.3 is 40.0 Å². The summed E-state index contributed by atoms with van der Waals surface area (Å²) in [5.41, 5.74) is 10.8. The number of amides is 4. The number of urea groups is 1. The third-order valence-corrected chi connectivity index (χ3v) is 11.9. The molecule has 0 saturated carbocycles. The predicted molar refractivity (Wildman–Crippen MR) is 201 cm³/mol. The minimum Gasteiger partial charge on any atom is -0.436 e. The lowest BCUT2D eigenvalue weighted by Crippen LogP contribution is -2.55. The van der Waals surface area contributed by atoms with Crippen molar-refractivity contribution in [1.29, 1.82) is 0 Å². The van der Waals surface area contributed by atoms with Gasteiger partial charge in [0.1, 0.15) is 0 Å². The maximum atomic E-state index is 14.3. The topological polar surface area (TPSA) is 133 Å². The van der Waals surface area contributed by atoms with Crippen LogP contribution >= 0.6 is 0 Å². The second kappa shape index (κ2) is 14.9. The fraction of sp³-hybridized carbons (Fsp3) is 0.550. The van der Waals surface area contributed by atoms with Crippen molar-refractivity contribution in [2.24, 2.45) is 12.8 Å². The van der Waals surface area contributed by atoms with E-state index in [-0.39, 0.29) is 35.5 Å². The highest BCUT2D eigenvalue weighted by Gasteiger charge is 2.37. The van der Waals surface area contributed by atoms with Gasteiger partial charge in [0, 0.05) is 88.7 Å². The van der Waals surface area contributed by atoms with Crippen molar-refractivity contribution in [2.75, 3.05) is 51.1 Å². The number of nitrogens with one attached hydrogen (secondary N) is 1. The lowest BCUT2D eigenvalue weighted by molar-refractivity contribution is -0.142. The highest BCUT2D eigenvalue weighted by Crippen LogP contribution is 2.28. The Morgan fingerprint density at radius 3 is 2.31 bits per heavy atom. The number of benzene rings is 2. The number of para-hydroxylation sites is 1. The fourth-order valence-corrected chi connectivity index (χ4v) is 8.71. The second-order valence-electron chi connectivity index (χ2n) is 15.7. The van der Waals surface area contributed by atoms with E-state index in [1.54, 1.807) is 22.6 Å². The Bertz CT molecular complexity index is 1870. The predicted octanol–water partition coefficient (Wildman–Crippen LogP) is 4.25. The number of aromatic nitrogens is 1. The Morgan fingerprint density at radius 2 is 1.58 bits per heavy atom. The van der Waals surface area contributed by atoms with Crippen LogP contribution in [0.25, 0.3) is 10.9 Å². The van der Waals surface area contributed by atoms with Crippen LogP contribution in [0.15, 0.2) is 53.3 Å². The molecule has 3 aromatic rings. The van der Waals surface area contributed by atoms with Crippen LogP contribution < -0.4 is 16.6 Å². The molecule has 0 bridgehead atoms. The SMILES string of the molecule is Cc1cc(C[C@@H](OC(=O)N2CCC(N3CCc4ccccc4NC3=O)CC2)C(=O)N2CCC(N3CCC(C)(N)CC3)CC2)cc2ccc(=O)n(C)c12. The smallest absolute Gasteiger partial charge is 0.410 e. The summed E-state index contributed by atoms with van der Waals surface area (Å²) in [4.78, 5) is 61.5. The van der Waals surface area contributed by atoms with Crippen molar-refractivity contribution in [3.05, 3.63) is 75.6 Å². The molecule has 0 spiro atoms. The van der Waals surface area contributed by atoms with Crippen molar-refractivity contribution in [3.8, 4) is 0 Å². The molecule has 0 unspecified atom stereocenters. The number of ether oxygens (including phenoxy) is 1. The molecule has 4 amide bonds. The van der Waals surface area contributed by atoms with E-state index in [1.807, 2.05) is 59.2 Å². The standard InChI is InChI=1S/C40H53N7O5/c1-27-24-28(25-30-8-9-35(48)43(3)36(27)30)26-34(37(49)45-17-11-31(12-18-45)44-22-15-40(2,41)16-23-44)52-39(51)46-19-13-32(14-20-46)47-21-10-29-6-4-5-7-33(29)42-38(47)50/h4-9,24-25,31-32,34H,10-23,26,41H2,1-3H3,(H,42,50)/t34-/m1/s1. The van der Waals surface area contributed by atoms with E-state index in [2.05, 4.69) is 17.1 Å². The van der Waals surface area contributed by atoms with Gasteiger partial charge in [0.15, 0.2) is 6.10 Å². The Labute approximate surface area is 305 Å². The Hall–Kier alpha value is -4.42. The molecule has 4 aliphatic heterocycles. The Kier molecular flexibility index (Phi) is 10.3. The molecule has 3 N–H and O–H groups in total. The first-order valence-electron chi connectivity index (χ1n) is 19.0. The number of carbonyl (C=O) groups excluding carboxylic acids is 3. The van der Waals surface area contributed by atoms with E-state index < -0.39 is 12.2 Å². The molecule has 0 aliphatic carbocycles. The van der Waals surface area contributed by atoms with Crippen LogP contribution in [0.4, 0.5) is 15.3 Å². The van der Waals surface area contributed by atoms with Crippen molar-refractivity contribution < 1.29 is 19.1 Å². The number of aryl methyl sites for hydroxylation is 2. The molecule has 278 valence electrons. The van der Waals surface area contributed by atoms with Crippen LogP contribution in [-0.2, 0) is 29.4 Å². The molecule has 3 fully saturated rings. The number of likely N-dealkylation sites (tertiary alicyclic amines) is 3. The lowest BCUT2D eigenvalue weighted by atomic mass is 9.89. The number of rotatable bonds is 6. The monoisotopic (exact) mass is 711 g/mol. The summed E-state index contributed by atoms with van der Waals surface area (Å²) in [7, 11) is 1.76. The molecule has 3 saturated heterocycles. The van der Waals surface area contributed by atoms with E-state index in [9.17, 15) is 19.2 Å². The Morgan fingerprint density at radius 1 is 0.904 bits per heavy atom. The van der Waals surface area contributed by atoms with Crippen molar-refractivity contribution >= 4 is 34.6 Å². The van der Waals surface area contributed by atoms with Crippen molar-refractivity contribution in [3.63, 3.8) is 0 Å². The number of piperidine rings is 3. The van der Waals surface area contributed by atoms with E-state index in [4.69, 9.17) is 10.5 Å². The molecule has 1 atom stereocenters. The minimum absolute atomic E-state index is 0.00660. The summed E-state index contributed by atoms with van der Waals surface area (Å²) < 4.78 is 7.79. The van der Waals surface area contributed by atoms with E-state index in [0.717, 1.165) is 78.5 Å². The number of hydrogen-bond acceptors (Lipinski definition) is 7. The maximum absolute atomic E-state index is 14.3. The normalized spacial score (nSPS) is 21.0. The van der Waals surface area contributed by atoms with Crippen LogP contribution in [0.5, 0.6) is 0 Å². The number of carbonyl (C=O) groups is 3. The highest BCUT2D eigenvalue weighted by molar-refractivity contribution is 5.91. The van der Waals surface area contributed by atoms with E-state index in [1.165, 1.54) is 0 Å². The fourth-order valence-electron chi connectivity index (χ4n) is 8.71. The van der Waals surface area contributed by atoms with Gasteiger partial charge in [0.05, 0.1) is 5.52 Å². The molecule has 5 heterocycles. The summed E-state index contributed by atoms with van der Waals surface area (Å²) in [6.45, 7) is 8.76. The number of nitrogens with zero attached hydrogens (tertiary/aromatic N) is 5. The molecule has 12 nitrogen and oxygen atoms in total. The van der Waals surface area contributed by atoms with Crippen LogP contribution in [0, 0.1) is 6.92 Å². The largest absolute Gasteiger partial charge is 0.436 e. The van der Waals surface area contributed by atoms with Gasteiger partial charge in [-0.25, -0.2) is 9.59 Å². The van der Waals surface area contributed by atoms with Gasteiger partial charge in [-0.2, -0.15) is 0 Å². The van der Waals surface area contributed by atoms with Crippen molar-refractivity contribution in [1.82, 2.24) is 24.2 Å². The molecular formula is C40H53N7O5. The number of pyridine rings is 1. The minimum atomic E-state index is -0.992. The zero-order valence-corrected chi connectivity index (χ0v) is 30.8. The molecule has 12 heteroatoms. The molecular weight excluding hydrogens is 658 g/mol. The van der Waals surface area contributed by atoms with Gasteiger partial charge in [0.25, 0.3) is 11.5 Å². The van der Waals surface area contributed by atoms with E-state index >= 15 is 0 Å². The first-order valence-corrected chi connectivity index (χ1v) is 19.0. The third kappa shape index (κ3) is 7.68. The van der Waals surface area contributed by atoms with Gasteiger partial charge in [0.2, 0.25) is 0 Å². The first kappa shape index (κ1) is 36.0. The lowest BCUT2D eigenvalue weighted by Gasteiger charge is -2.44. The van der Waals surface area contributed by atoms with Crippen LogP contribution in [0.2, 0.25) is 0 Å². The summed E-state index contributed by atoms with van der Waals surface area (Å²) in [6, 6.07) is 15.5. The van der Waals surface area contributed by atoms with Gasteiger partial charge in [-0.15, -0.1) is 0 Å². The third-order valence-electron chi connectivity index (χ3n) is 11.9. The van der Waals surface area contributed by atoms with Crippen LogP contribution in [0.1, 0.15) is 62.1 Å². The molecule has 52 heavy (non-hydrogen) atoms.